The van der Waals surface area contributed by atoms with Crippen molar-refractivity contribution in [3.63, 3.8) is 0 Å². The van der Waals surface area contributed by atoms with Gasteiger partial charge in [0.25, 0.3) is 0 Å². The summed E-state index contributed by atoms with van der Waals surface area (Å²) in [5.74, 6) is 0.496. The fourth-order valence-corrected chi connectivity index (χ4v) is 14.5. The molecule has 3 aliphatic carbocycles. The van der Waals surface area contributed by atoms with Crippen molar-refractivity contribution in [2.75, 3.05) is 0 Å². The maximum absolute atomic E-state index is 2.73. The molecular formula is C49H52Si. The number of allylic oxidation sites excluding steroid dienone is 2. The lowest BCUT2D eigenvalue weighted by atomic mass is 9.83. The highest BCUT2D eigenvalue weighted by Gasteiger charge is 2.49. The number of hydrogen-bond donors (Lipinski definition) is 0. The van der Waals surface area contributed by atoms with Crippen LogP contribution in [0, 0.1) is 5.92 Å². The lowest BCUT2D eigenvalue weighted by Gasteiger charge is -2.40. The molecule has 0 aliphatic heterocycles. The summed E-state index contributed by atoms with van der Waals surface area (Å²) in [5.41, 5.74) is 23.6. The van der Waals surface area contributed by atoms with E-state index in [0.717, 1.165) is 12.8 Å². The van der Waals surface area contributed by atoms with Crippen molar-refractivity contribution in [3.8, 4) is 33.4 Å². The van der Waals surface area contributed by atoms with Gasteiger partial charge >= 0.3 is 0 Å². The molecule has 0 radical (unpaired) electrons. The SMILES string of the molecule is CC1=Cc2c(c(-c3ccccc3)c3c(c2-c2ccccc2)C([Si](C)(C)C2C(C(C)C)=Cc4c(-c5ccc(C(C)(C)C)cc5)cccc42)CC3)C1. The highest BCUT2D eigenvalue weighted by molar-refractivity contribution is 6.81. The molecule has 0 aromatic heterocycles. The van der Waals surface area contributed by atoms with E-state index < -0.39 is 8.07 Å². The molecule has 0 nitrogen and oxygen atoms in total. The van der Waals surface area contributed by atoms with Crippen LogP contribution in [0.1, 0.15) is 98.0 Å². The van der Waals surface area contributed by atoms with E-state index in [9.17, 15) is 0 Å². The van der Waals surface area contributed by atoms with E-state index in [1.54, 1.807) is 27.8 Å². The summed E-state index contributed by atoms with van der Waals surface area (Å²) in [5, 5.41) is 0. The Bertz CT molecular complexity index is 2150. The highest BCUT2D eigenvalue weighted by Crippen LogP contribution is 2.58. The Morgan fingerprint density at radius 2 is 1.30 bits per heavy atom. The topological polar surface area (TPSA) is 0 Å². The zero-order valence-electron chi connectivity index (χ0n) is 31.3. The monoisotopic (exact) mass is 668 g/mol. The molecule has 0 saturated heterocycles. The standard InChI is InChI=1S/C49H52Si/c1-31(2)40-30-41-37(33-22-24-36(25-23-33)49(4,5)6)20-15-21-38(41)48(40)50(7,8)44-27-26-39-45(34-16-11-9-12-17-34)42-28-32(3)29-43(42)46(47(39)44)35-18-13-10-14-19-35/h9-25,29-31,44,48H,26-28H2,1-8H3. The van der Waals surface area contributed by atoms with E-state index in [2.05, 4.69) is 170 Å². The van der Waals surface area contributed by atoms with Gasteiger partial charge in [-0.15, -0.1) is 0 Å². The van der Waals surface area contributed by atoms with Gasteiger partial charge in [-0.2, -0.15) is 0 Å². The smallest absolute Gasteiger partial charge is 0.0675 e. The summed E-state index contributed by atoms with van der Waals surface area (Å²) < 4.78 is 0. The Kier molecular flexibility index (Phi) is 8.07. The van der Waals surface area contributed by atoms with Gasteiger partial charge in [-0.25, -0.2) is 0 Å². The van der Waals surface area contributed by atoms with Crippen molar-refractivity contribution in [2.24, 2.45) is 5.92 Å². The van der Waals surface area contributed by atoms with E-state index in [1.807, 2.05) is 0 Å². The van der Waals surface area contributed by atoms with Gasteiger partial charge in [0, 0.05) is 5.54 Å². The Hall–Kier alpha value is -4.20. The minimum Gasteiger partial charge on any atom is -0.0683 e. The Morgan fingerprint density at radius 1 is 0.660 bits per heavy atom. The third-order valence-electron chi connectivity index (χ3n) is 12.3. The summed E-state index contributed by atoms with van der Waals surface area (Å²) in [6.45, 7) is 19.6. The van der Waals surface area contributed by atoms with E-state index >= 15 is 0 Å². The molecule has 3 aliphatic rings. The van der Waals surface area contributed by atoms with E-state index in [-0.39, 0.29) is 5.41 Å². The molecule has 0 bridgehead atoms. The lowest BCUT2D eigenvalue weighted by molar-refractivity contribution is 0.590. The van der Waals surface area contributed by atoms with Crippen molar-refractivity contribution >= 4 is 20.2 Å². The largest absolute Gasteiger partial charge is 0.0683 e. The van der Waals surface area contributed by atoms with E-state index in [1.165, 1.54) is 62.1 Å². The van der Waals surface area contributed by atoms with Crippen molar-refractivity contribution in [1.29, 1.82) is 0 Å². The van der Waals surface area contributed by atoms with Gasteiger partial charge in [-0.05, 0) is 115 Å². The third-order valence-corrected chi connectivity index (χ3v) is 16.8. The number of benzene rings is 5. The molecule has 252 valence electrons. The number of fused-ring (bicyclic) bond motifs is 3. The zero-order chi connectivity index (χ0) is 34.9. The van der Waals surface area contributed by atoms with Crippen LogP contribution in [0.3, 0.4) is 0 Å². The highest BCUT2D eigenvalue weighted by atomic mass is 28.3. The molecule has 2 atom stereocenters. The third kappa shape index (κ3) is 5.32. The Balaban J connectivity index is 1.32. The molecular weight excluding hydrogens is 617 g/mol. The second-order valence-corrected chi connectivity index (χ2v) is 22.1. The van der Waals surface area contributed by atoms with Crippen LogP contribution in [0.5, 0.6) is 0 Å². The van der Waals surface area contributed by atoms with Gasteiger partial charge in [0.05, 0.1) is 8.07 Å². The number of hydrogen-bond acceptors (Lipinski definition) is 0. The Labute approximate surface area is 302 Å². The fraction of sp³-hybridized carbons (Fsp3) is 0.306. The second-order valence-electron chi connectivity index (χ2n) is 17.2. The lowest BCUT2D eigenvalue weighted by Crippen LogP contribution is -2.42. The first-order valence-electron chi connectivity index (χ1n) is 18.9. The molecule has 5 aromatic carbocycles. The maximum Gasteiger partial charge on any atom is 0.0675 e. The number of rotatable bonds is 6. The molecule has 50 heavy (non-hydrogen) atoms. The normalized spacial score (nSPS) is 18.2. The molecule has 2 unspecified atom stereocenters. The van der Waals surface area contributed by atoms with Gasteiger partial charge in [-0.1, -0.05) is 174 Å². The predicted molar refractivity (Wildman–Crippen MR) is 219 cm³/mol. The van der Waals surface area contributed by atoms with Crippen LogP contribution in [0.25, 0.3) is 45.5 Å². The van der Waals surface area contributed by atoms with Crippen molar-refractivity contribution in [1.82, 2.24) is 0 Å². The van der Waals surface area contributed by atoms with Gasteiger partial charge < -0.3 is 0 Å². The average molecular weight is 669 g/mol. The summed E-state index contributed by atoms with van der Waals surface area (Å²) in [6.07, 6.45) is 8.59. The molecule has 0 amide bonds. The molecule has 0 fully saturated rings. The van der Waals surface area contributed by atoms with E-state index in [4.69, 9.17) is 0 Å². The maximum atomic E-state index is 2.73. The van der Waals surface area contributed by atoms with E-state index in [0.29, 0.717) is 17.0 Å². The minimum absolute atomic E-state index is 0.147. The van der Waals surface area contributed by atoms with Crippen LogP contribution in [-0.4, -0.2) is 8.07 Å². The van der Waals surface area contributed by atoms with Crippen LogP contribution in [0.15, 0.2) is 114 Å². The summed E-state index contributed by atoms with van der Waals surface area (Å²) >= 11 is 0. The van der Waals surface area contributed by atoms with Crippen molar-refractivity contribution in [3.05, 3.63) is 153 Å². The molecule has 0 saturated carbocycles. The molecule has 0 heterocycles. The molecule has 0 spiro atoms. The van der Waals surface area contributed by atoms with Crippen LogP contribution in [-0.2, 0) is 18.3 Å². The van der Waals surface area contributed by atoms with Crippen LogP contribution in [0.4, 0.5) is 0 Å². The summed E-state index contributed by atoms with van der Waals surface area (Å²) in [4.78, 5) is 0. The first-order chi connectivity index (χ1) is 23.9. The molecule has 1 heteroatoms. The Morgan fingerprint density at radius 3 is 1.92 bits per heavy atom. The van der Waals surface area contributed by atoms with Gasteiger partial charge in [-0.3, -0.25) is 0 Å². The predicted octanol–water partition coefficient (Wildman–Crippen LogP) is 13.6. The first kappa shape index (κ1) is 33.0. The van der Waals surface area contributed by atoms with Crippen molar-refractivity contribution in [2.45, 2.75) is 90.4 Å². The first-order valence-corrected chi connectivity index (χ1v) is 22.1. The van der Waals surface area contributed by atoms with Gasteiger partial charge in [0.1, 0.15) is 0 Å². The fourth-order valence-electron chi connectivity index (χ4n) is 9.87. The average Bonchev–Trinajstić information content (AvgIpc) is 3.83. The van der Waals surface area contributed by atoms with Crippen LogP contribution in [0.2, 0.25) is 13.1 Å². The zero-order valence-corrected chi connectivity index (χ0v) is 32.3. The molecule has 5 aromatic rings. The minimum atomic E-state index is -2.05. The van der Waals surface area contributed by atoms with Crippen molar-refractivity contribution < 1.29 is 0 Å². The summed E-state index contributed by atoms with van der Waals surface area (Å²) in [7, 11) is -2.05. The molecule has 8 rings (SSSR count). The van der Waals surface area contributed by atoms with Crippen LogP contribution >= 0.6 is 0 Å². The van der Waals surface area contributed by atoms with Gasteiger partial charge in [0.2, 0.25) is 0 Å². The summed E-state index contributed by atoms with van der Waals surface area (Å²) in [6, 6.07) is 39.3. The molecule has 0 N–H and O–H groups in total. The van der Waals surface area contributed by atoms with Gasteiger partial charge in [0.15, 0.2) is 0 Å². The quantitative estimate of drug-likeness (QED) is 0.158. The second kappa shape index (κ2) is 12.2. The van der Waals surface area contributed by atoms with Crippen LogP contribution < -0.4 is 0 Å².